The van der Waals surface area contributed by atoms with Crippen LogP contribution in [0.5, 0.6) is 5.75 Å². The summed E-state index contributed by atoms with van der Waals surface area (Å²) < 4.78 is 25.7. The Morgan fingerprint density at radius 2 is 1.43 bits per heavy atom. The fourth-order valence-corrected chi connectivity index (χ4v) is 5.62. The Bertz CT molecular complexity index is 1730. The number of carbonyl (C=O) groups is 2. The highest BCUT2D eigenvalue weighted by Crippen LogP contribution is 2.42. The lowest BCUT2D eigenvalue weighted by Crippen LogP contribution is -2.41. The second-order valence-electron chi connectivity index (χ2n) is 10.7. The SMILES string of the molecule is COc1ccc(C(OC[C@H]2O[C@@H](n3cnc(C(N)=O)n3)[C@H](O)[C@@H]2OC(=O)c2ccccc2)(c2ccccc2)c2ccccc2)cc1. The molecule has 3 N–H and O–H groups in total. The van der Waals surface area contributed by atoms with Crippen LogP contribution in [0.25, 0.3) is 0 Å². The molecule has 1 aliphatic rings. The first-order valence-corrected chi connectivity index (χ1v) is 14.6. The summed E-state index contributed by atoms with van der Waals surface area (Å²) in [5, 5.41) is 15.5. The van der Waals surface area contributed by atoms with Crippen LogP contribution in [-0.4, -0.2) is 63.8 Å². The number of benzene rings is 4. The molecule has 0 unspecified atom stereocenters. The van der Waals surface area contributed by atoms with Gasteiger partial charge < -0.3 is 29.8 Å². The number of methoxy groups -OCH3 is 1. The summed E-state index contributed by atoms with van der Waals surface area (Å²) >= 11 is 0. The van der Waals surface area contributed by atoms with Crippen LogP contribution >= 0.6 is 0 Å². The lowest BCUT2D eigenvalue weighted by molar-refractivity contribution is -0.0990. The van der Waals surface area contributed by atoms with E-state index in [2.05, 4.69) is 10.1 Å². The minimum absolute atomic E-state index is 0.131. The van der Waals surface area contributed by atoms with Gasteiger partial charge in [-0.05, 0) is 41.0 Å². The van der Waals surface area contributed by atoms with Crippen molar-refractivity contribution < 1.29 is 33.6 Å². The highest BCUT2D eigenvalue weighted by Gasteiger charge is 2.49. The molecule has 0 bridgehead atoms. The highest BCUT2D eigenvalue weighted by molar-refractivity contribution is 5.89. The molecule has 1 amide bonds. The fourth-order valence-electron chi connectivity index (χ4n) is 5.62. The minimum Gasteiger partial charge on any atom is -0.497 e. The van der Waals surface area contributed by atoms with Gasteiger partial charge in [-0.25, -0.2) is 14.5 Å². The molecule has 0 aliphatic carbocycles. The first-order chi connectivity index (χ1) is 22.4. The standard InChI is InChI=1S/C35H32N4O7/c1-43-27-19-17-26(18-20-27)35(24-13-7-3-8-14-24,25-15-9-4-10-16-25)44-21-28-30(46-34(42)23-11-5-2-6-12-23)29(40)33(45-28)39-22-37-32(38-39)31(36)41/h2-20,22,28-30,33,40H,21H2,1H3,(H2,36,41)/t28-,29-,30-,33-/m1/s1. The summed E-state index contributed by atoms with van der Waals surface area (Å²) in [6.45, 7) is -0.131. The Morgan fingerprint density at radius 3 is 1.98 bits per heavy atom. The number of aliphatic hydroxyl groups excluding tert-OH is 1. The van der Waals surface area contributed by atoms with Crippen molar-refractivity contribution in [3.8, 4) is 5.75 Å². The number of nitrogens with two attached hydrogens (primary N) is 1. The minimum atomic E-state index is -1.40. The summed E-state index contributed by atoms with van der Waals surface area (Å²) in [6, 6.07) is 35.5. The van der Waals surface area contributed by atoms with Crippen molar-refractivity contribution in [3.63, 3.8) is 0 Å². The molecule has 11 heteroatoms. The summed E-state index contributed by atoms with van der Waals surface area (Å²) in [6.07, 6.45) is -3.49. The number of hydrogen-bond donors (Lipinski definition) is 2. The molecule has 2 heterocycles. The van der Waals surface area contributed by atoms with Crippen molar-refractivity contribution in [2.24, 2.45) is 5.73 Å². The maximum absolute atomic E-state index is 13.2. The maximum atomic E-state index is 13.2. The van der Waals surface area contributed by atoms with Crippen molar-refractivity contribution >= 4 is 11.9 Å². The van der Waals surface area contributed by atoms with Crippen LogP contribution in [0.3, 0.4) is 0 Å². The van der Waals surface area contributed by atoms with Crippen molar-refractivity contribution in [2.75, 3.05) is 13.7 Å². The molecule has 4 aromatic carbocycles. The molecule has 5 aromatic rings. The topological polar surface area (TPSA) is 148 Å². The van der Waals surface area contributed by atoms with Crippen LogP contribution in [0, 0.1) is 0 Å². The van der Waals surface area contributed by atoms with Crippen molar-refractivity contribution in [3.05, 3.63) is 150 Å². The lowest BCUT2D eigenvalue weighted by atomic mass is 9.80. The zero-order valence-electron chi connectivity index (χ0n) is 24.9. The smallest absolute Gasteiger partial charge is 0.338 e. The molecule has 234 valence electrons. The Kier molecular flexibility index (Phi) is 8.88. The van der Waals surface area contributed by atoms with Gasteiger partial charge in [-0.15, -0.1) is 5.10 Å². The van der Waals surface area contributed by atoms with E-state index >= 15 is 0 Å². The summed E-state index contributed by atoms with van der Waals surface area (Å²) in [5.41, 5.74) is 6.97. The zero-order chi connectivity index (χ0) is 32.1. The number of esters is 1. The van der Waals surface area contributed by atoms with Gasteiger partial charge in [0.05, 0.1) is 19.3 Å². The van der Waals surface area contributed by atoms with Crippen LogP contribution in [-0.2, 0) is 19.8 Å². The molecule has 0 radical (unpaired) electrons. The Hall–Kier alpha value is -5.36. The molecular formula is C35H32N4O7. The third kappa shape index (κ3) is 5.98. The fraction of sp³-hybridized carbons (Fsp3) is 0.200. The molecule has 1 fully saturated rings. The van der Waals surface area contributed by atoms with Crippen molar-refractivity contribution in [2.45, 2.75) is 30.1 Å². The Labute approximate surface area is 265 Å². The molecule has 1 saturated heterocycles. The van der Waals surface area contributed by atoms with E-state index in [0.29, 0.717) is 11.3 Å². The van der Waals surface area contributed by atoms with Crippen LogP contribution in [0.15, 0.2) is 122 Å². The van der Waals surface area contributed by atoms with Crippen LogP contribution < -0.4 is 10.5 Å². The number of primary amides is 1. The Morgan fingerprint density at radius 1 is 0.870 bits per heavy atom. The van der Waals surface area contributed by atoms with E-state index < -0.39 is 42.0 Å². The second kappa shape index (κ2) is 13.3. The van der Waals surface area contributed by atoms with Crippen LogP contribution in [0.2, 0.25) is 0 Å². The third-order valence-electron chi connectivity index (χ3n) is 7.87. The van der Waals surface area contributed by atoms with E-state index in [9.17, 15) is 14.7 Å². The number of carbonyl (C=O) groups excluding carboxylic acids is 2. The molecule has 11 nitrogen and oxygen atoms in total. The molecule has 1 aliphatic heterocycles. The van der Waals surface area contributed by atoms with Gasteiger partial charge in [0.25, 0.3) is 5.91 Å². The third-order valence-corrected chi connectivity index (χ3v) is 7.87. The van der Waals surface area contributed by atoms with Crippen LogP contribution in [0.4, 0.5) is 0 Å². The first-order valence-electron chi connectivity index (χ1n) is 14.6. The zero-order valence-corrected chi connectivity index (χ0v) is 24.9. The predicted octanol–water partition coefficient (Wildman–Crippen LogP) is 3.88. The van der Waals surface area contributed by atoms with Gasteiger partial charge in [-0.3, -0.25) is 4.79 Å². The van der Waals surface area contributed by atoms with Gasteiger partial charge in [0.15, 0.2) is 12.3 Å². The summed E-state index contributed by atoms with van der Waals surface area (Å²) in [7, 11) is 1.60. The molecule has 6 rings (SSSR count). The second-order valence-corrected chi connectivity index (χ2v) is 10.7. The lowest BCUT2D eigenvalue weighted by Gasteiger charge is -2.37. The highest BCUT2D eigenvalue weighted by atomic mass is 16.6. The number of amides is 1. The van der Waals surface area contributed by atoms with Crippen molar-refractivity contribution in [1.82, 2.24) is 14.8 Å². The van der Waals surface area contributed by atoms with Gasteiger partial charge in [0.2, 0.25) is 5.82 Å². The number of aromatic nitrogens is 3. The normalized spacial score (nSPS) is 19.4. The van der Waals surface area contributed by atoms with Crippen molar-refractivity contribution in [1.29, 1.82) is 0 Å². The molecule has 0 saturated carbocycles. The van der Waals surface area contributed by atoms with E-state index in [1.807, 2.05) is 84.9 Å². The largest absolute Gasteiger partial charge is 0.497 e. The van der Waals surface area contributed by atoms with E-state index in [-0.39, 0.29) is 12.4 Å². The van der Waals surface area contributed by atoms with Gasteiger partial charge >= 0.3 is 5.97 Å². The summed E-state index contributed by atoms with van der Waals surface area (Å²) in [5.74, 6) is -1.06. The average Bonchev–Trinajstić information content (AvgIpc) is 3.72. The van der Waals surface area contributed by atoms with Gasteiger partial charge in [0, 0.05) is 0 Å². The van der Waals surface area contributed by atoms with E-state index in [1.165, 1.54) is 11.0 Å². The maximum Gasteiger partial charge on any atom is 0.338 e. The van der Waals surface area contributed by atoms with Crippen LogP contribution in [0.1, 0.15) is 43.9 Å². The molecular weight excluding hydrogens is 588 g/mol. The molecule has 46 heavy (non-hydrogen) atoms. The Balaban J connectivity index is 1.40. The number of rotatable bonds is 11. The molecule has 1 aromatic heterocycles. The monoisotopic (exact) mass is 620 g/mol. The number of nitrogens with zero attached hydrogens (tertiary/aromatic N) is 3. The van der Waals surface area contributed by atoms with E-state index in [4.69, 9.17) is 24.7 Å². The molecule has 0 spiro atoms. The quantitative estimate of drug-likeness (QED) is 0.166. The van der Waals surface area contributed by atoms with Gasteiger partial charge in [-0.2, -0.15) is 0 Å². The summed E-state index contributed by atoms with van der Waals surface area (Å²) in [4.78, 5) is 28.8. The number of ether oxygens (including phenoxy) is 4. The number of aliphatic hydroxyl groups is 1. The van der Waals surface area contributed by atoms with Gasteiger partial charge in [-0.1, -0.05) is 91.0 Å². The molecule has 4 atom stereocenters. The van der Waals surface area contributed by atoms with E-state index in [1.54, 1.807) is 37.4 Å². The van der Waals surface area contributed by atoms with E-state index in [0.717, 1.165) is 16.7 Å². The predicted molar refractivity (Wildman–Crippen MR) is 166 cm³/mol. The van der Waals surface area contributed by atoms with Gasteiger partial charge in [0.1, 0.15) is 29.9 Å². The first kappa shape index (κ1) is 30.7. The average molecular weight is 621 g/mol. The number of hydrogen-bond acceptors (Lipinski definition) is 9.